The number of hydrogen-bond donors (Lipinski definition) is 1. The number of nitro benzene ring substituents is 1. The van der Waals surface area contributed by atoms with Crippen LogP contribution in [0.5, 0.6) is 0 Å². The second kappa shape index (κ2) is 6.67. The number of nitro groups is 1. The summed E-state index contributed by atoms with van der Waals surface area (Å²) in [5.74, 6) is 0. The summed E-state index contributed by atoms with van der Waals surface area (Å²) in [6.45, 7) is 2.40. The number of benzene rings is 1. The lowest BCUT2D eigenvalue weighted by atomic mass is 10.1. The molecule has 1 fully saturated rings. The minimum atomic E-state index is -0.352. The Morgan fingerprint density at radius 1 is 1.55 bits per heavy atom. The first-order valence-electron chi connectivity index (χ1n) is 6.85. The predicted molar refractivity (Wildman–Crippen MR) is 78.0 cm³/mol. The lowest BCUT2D eigenvalue weighted by molar-refractivity contribution is -0.384. The van der Waals surface area contributed by atoms with E-state index in [0.717, 1.165) is 31.6 Å². The van der Waals surface area contributed by atoms with Gasteiger partial charge in [0.05, 0.1) is 11.0 Å². The van der Waals surface area contributed by atoms with Crippen molar-refractivity contribution in [1.82, 2.24) is 4.90 Å². The second-order valence-electron chi connectivity index (χ2n) is 5.19. The van der Waals surface area contributed by atoms with E-state index in [-0.39, 0.29) is 10.6 Å². The molecule has 20 heavy (non-hydrogen) atoms. The van der Waals surface area contributed by atoms with E-state index in [1.165, 1.54) is 0 Å². The van der Waals surface area contributed by atoms with Gasteiger partial charge in [0.1, 0.15) is 5.69 Å². The van der Waals surface area contributed by atoms with Crippen LogP contribution in [0.2, 0.25) is 0 Å². The SMILES string of the molecule is CNc1ccc(CN(C)CC2CCCO2)cc1[N+](=O)[O-]. The van der Waals surface area contributed by atoms with Crippen molar-refractivity contribution in [3.63, 3.8) is 0 Å². The number of anilines is 1. The predicted octanol–water partition coefficient (Wildman–Crippen LogP) is 2.25. The Bertz CT molecular complexity index is 473. The highest BCUT2D eigenvalue weighted by molar-refractivity contribution is 5.62. The molecule has 6 heteroatoms. The molecule has 1 N–H and O–H groups in total. The smallest absolute Gasteiger partial charge is 0.292 e. The molecular formula is C14H21N3O3. The molecule has 0 bridgehead atoms. The maximum Gasteiger partial charge on any atom is 0.292 e. The lowest BCUT2D eigenvalue weighted by Gasteiger charge is -2.20. The largest absolute Gasteiger partial charge is 0.383 e. The van der Waals surface area contributed by atoms with E-state index in [4.69, 9.17) is 4.74 Å². The van der Waals surface area contributed by atoms with E-state index >= 15 is 0 Å². The van der Waals surface area contributed by atoms with Gasteiger partial charge in [-0.25, -0.2) is 0 Å². The zero-order valence-electron chi connectivity index (χ0n) is 12.0. The molecule has 0 aromatic heterocycles. The maximum absolute atomic E-state index is 11.0. The van der Waals surface area contributed by atoms with Gasteiger partial charge in [-0.1, -0.05) is 6.07 Å². The molecule has 1 aromatic rings. The van der Waals surface area contributed by atoms with E-state index < -0.39 is 0 Å². The monoisotopic (exact) mass is 279 g/mol. The van der Waals surface area contributed by atoms with Gasteiger partial charge in [0.2, 0.25) is 0 Å². The summed E-state index contributed by atoms with van der Waals surface area (Å²) >= 11 is 0. The molecule has 1 aliphatic heterocycles. The summed E-state index contributed by atoms with van der Waals surface area (Å²) in [6.07, 6.45) is 2.52. The summed E-state index contributed by atoms with van der Waals surface area (Å²) in [4.78, 5) is 12.8. The summed E-state index contributed by atoms with van der Waals surface area (Å²) < 4.78 is 5.60. The van der Waals surface area contributed by atoms with Crippen LogP contribution >= 0.6 is 0 Å². The summed E-state index contributed by atoms with van der Waals surface area (Å²) in [5.41, 5.74) is 1.60. The van der Waals surface area contributed by atoms with E-state index in [9.17, 15) is 10.1 Å². The Balaban J connectivity index is 2.01. The second-order valence-corrected chi connectivity index (χ2v) is 5.19. The summed E-state index contributed by atoms with van der Waals surface area (Å²) in [7, 11) is 3.70. The van der Waals surface area contributed by atoms with E-state index in [2.05, 4.69) is 10.2 Å². The van der Waals surface area contributed by atoms with Gasteiger partial charge in [0.25, 0.3) is 5.69 Å². The third kappa shape index (κ3) is 3.68. The van der Waals surface area contributed by atoms with E-state index in [1.807, 2.05) is 13.1 Å². The first-order valence-corrected chi connectivity index (χ1v) is 6.85. The van der Waals surface area contributed by atoms with Gasteiger partial charge in [-0.3, -0.25) is 15.0 Å². The van der Waals surface area contributed by atoms with Crippen molar-refractivity contribution in [2.24, 2.45) is 0 Å². The number of ether oxygens (including phenoxy) is 1. The minimum absolute atomic E-state index is 0.121. The molecule has 1 aromatic carbocycles. The fraction of sp³-hybridized carbons (Fsp3) is 0.571. The highest BCUT2D eigenvalue weighted by Gasteiger charge is 2.18. The van der Waals surface area contributed by atoms with Gasteiger partial charge in [-0.2, -0.15) is 0 Å². The van der Waals surface area contributed by atoms with Crippen LogP contribution in [0.4, 0.5) is 11.4 Å². The Labute approximate surface area is 118 Å². The van der Waals surface area contributed by atoms with Crippen molar-refractivity contribution in [3.05, 3.63) is 33.9 Å². The zero-order chi connectivity index (χ0) is 14.5. The Hall–Kier alpha value is -1.66. The fourth-order valence-electron chi connectivity index (χ4n) is 2.55. The molecule has 1 atom stereocenters. The third-order valence-corrected chi connectivity index (χ3v) is 3.52. The Morgan fingerprint density at radius 3 is 2.95 bits per heavy atom. The Morgan fingerprint density at radius 2 is 2.35 bits per heavy atom. The third-order valence-electron chi connectivity index (χ3n) is 3.52. The molecule has 1 heterocycles. The fourth-order valence-corrected chi connectivity index (χ4v) is 2.55. The number of likely N-dealkylation sites (N-methyl/N-ethyl adjacent to an activating group) is 1. The van der Waals surface area contributed by atoms with Crippen molar-refractivity contribution in [1.29, 1.82) is 0 Å². The van der Waals surface area contributed by atoms with Crippen LogP contribution in [0.25, 0.3) is 0 Å². The van der Waals surface area contributed by atoms with Crippen molar-refractivity contribution in [2.75, 3.05) is 32.6 Å². The molecule has 2 rings (SSSR count). The van der Waals surface area contributed by atoms with Crippen LogP contribution in [0.15, 0.2) is 18.2 Å². The van der Waals surface area contributed by atoms with Gasteiger partial charge in [-0.15, -0.1) is 0 Å². The van der Waals surface area contributed by atoms with Gasteiger partial charge < -0.3 is 10.1 Å². The molecule has 0 aliphatic carbocycles. The van der Waals surface area contributed by atoms with Crippen molar-refractivity contribution >= 4 is 11.4 Å². The van der Waals surface area contributed by atoms with Crippen LogP contribution in [0, 0.1) is 10.1 Å². The average molecular weight is 279 g/mol. The first-order chi connectivity index (χ1) is 9.60. The molecule has 0 saturated carbocycles. The summed E-state index contributed by atoms with van der Waals surface area (Å²) in [6, 6.07) is 5.32. The number of nitrogens with zero attached hydrogens (tertiary/aromatic N) is 2. The van der Waals surface area contributed by atoms with Gasteiger partial charge in [0.15, 0.2) is 0 Å². The molecule has 0 amide bonds. The van der Waals surface area contributed by atoms with E-state index in [1.54, 1.807) is 19.2 Å². The minimum Gasteiger partial charge on any atom is -0.383 e. The molecule has 0 radical (unpaired) electrons. The van der Waals surface area contributed by atoms with Gasteiger partial charge in [-0.05, 0) is 31.5 Å². The molecule has 1 saturated heterocycles. The van der Waals surface area contributed by atoms with Gasteiger partial charge in [0, 0.05) is 32.8 Å². The van der Waals surface area contributed by atoms with Crippen LogP contribution in [-0.2, 0) is 11.3 Å². The molecule has 0 spiro atoms. The first kappa shape index (κ1) is 14.7. The molecule has 1 aliphatic rings. The van der Waals surface area contributed by atoms with Crippen LogP contribution in [0.3, 0.4) is 0 Å². The molecular weight excluding hydrogens is 258 g/mol. The zero-order valence-corrected chi connectivity index (χ0v) is 12.0. The van der Waals surface area contributed by atoms with Crippen molar-refractivity contribution in [3.8, 4) is 0 Å². The van der Waals surface area contributed by atoms with E-state index in [0.29, 0.717) is 18.3 Å². The van der Waals surface area contributed by atoms with Gasteiger partial charge >= 0.3 is 0 Å². The normalized spacial score (nSPS) is 18.4. The maximum atomic E-state index is 11.0. The summed E-state index contributed by atoms with van der Waals surface area (Å²) in [5, 5.41) is 13.9. The molecule has 110 valence electrons. The number of nitrogens with one attached hydrogen (secondary N) is 1. The highest BCUT2D eigenvalue weighted by Crippen LogP contribution is 2.25. The molecule has 1 unspecified atom stereocenters. The van der Waals surface area contributed by atoms with Crippen LogP contribution in [-0.4, -0.2) is 43.2 Å². The van der Waals surface area contributed by atoms with Crippen molar-refractivity contribution < 1.29 is 9.66 Å². The van der Waals surface area contributed by atoms with Crippen LogP contribution in [0.1, 0.15) is 18.4 Å². The van der Waals surface area contributed by atoms with Crippen molar-refractivity contribution in [2.45, 2.75) is 25.5 Å². The standard InChI is InChI=1S/C14H21N3O3/c1-15-13-6-5-11(8-14(13)17(18)19)9-16(2)10-12-4-3-7-20-12/h5-6,8,12,15H,3-4,7,9-10H2,1-2H3. The van der Waals surface area contributed by atoms with Crippen LogP contribution < -0.4 is 5.32 Å². The number of rotatable bonds is 6. The highest BCUT2D eigenvalue weighted by atomic mass is 16.6. The topological polar surface area (TPSA) is 67.6 Å². The number of hydrogen-bond acceptors (Lipinski definition) is 5. The quantitative estimate of drug-likeness (QED) is 0.639. The molecule has 6 nitrogen and oxygen atoms in total. The Kier molecular flexibility index (Phi) is 4.92. The lowest BCUT2D eigenvalue weighted by Crippen LogP contribution is -2.28. The average Bonchev–Trinajstić information content (AvgIpc) is 2.91.